The second-order valence-electron chi connectivity index (χ2n) is 13.4. The second kappa shape index (κ2) is 16.2. The average Bonchev–Trinajstić information content (AvgIpc) is 3.73. The Kier molecular flexibility index (Phi) is 11.9. The van der Waals surface area contributed by atoms with Gasteiger partial charge in [-0.2, -0.15) is 0 Å². The van der Waals surface area contributed by atoms with Gasteiger partial charge < -0.3 is 65.0 Å². The van der Waals surface area contributed by atoms with Crippen molar-refractivity contribution < 1.29 is 59.1 Å². The van der Waals surface area contributed by atoms with E-state index in [1.165, 1.54) is 25.1 Å². The number of amides is 1. The monoisotopic (exact) mass is 732 g/mol. The molecule has 0 radical (unpaired) electrons. The number of phenolic OH excluding ortho intramolecular Hbond substituents is 1. The SMILES string of the molecule is C/C(=C\c1ccc(O[C@@H]2O[C@H](/C(C)=C/COc3cccc(C4CCCNC4)c3Cl)[C@@H](O)[C@@H]2O)c(O)c1)C(=O)N[C@@H]1[C@H](O)[C@@H](O)[C@H]2OCO[C@H]2[C@@H]1O. The fourth-order valence-electron chi connectivity index (χ4n) is 6.96. The molecular weight excluding hydrogens is 688 g/mol. The van der Waals surface area contributed by atoms with Crippen molar-refractivity contribution in [3.05, 3.63) is 69.8 Å². The Labute approximate surface area is 300 Å². The van der Waals surface area contributed by atoms with Gasteiger partial charge in [0.2, 0.25) is 12.2 Å². The van der Waals surface area contributed by atoms with Gasteiger partial charge in [-0.05, 0) is 86.2 Å². The quantitative estimate of drug-likeness (QED) is 0.127. The zero-order valence-corrected chi connectivity index (χ0v) is 29.0. The summed E-state index contributed by atoms with van der Waals surface area (Å²) < 4.78 is 28.1. The van der Waals surface area contributed by atoms with Gasteiger partial charge in [-0.15, -0.1) is 0 Å². The molecule has 0 spiro atoms. The Morgan fingerprint density at radius 1 is 1.00 bits per heavy atom. The minimum absolute atomic E-state index is 0.0328. The Hall–Kier alpha value is -3.28. The smallest absolute Gasteiger partial charge is 0.247 e. The summed E-state index contributed by atoms with van der Waals surface area (Å²) in [4.78, 5) is 12.9. The van der Waals surface area contributed by atoms with E-state index in [1.54, 1.807) is 25.1 Å². The van der Waals surface area contributed by atoms with E-state index in [9.17, 15) is 35.4 Å². The van der Waals surface area contributed by atoms with Crippen LogP contribution in [-0.4, -0.2) is 124 Å². The van der Waals surface area contributed by atoms with Gasteiger partial charge in [-0.3, -0.25) is 4.79 Å². The number of benzene rings is 2. The Balaban J connectivity index is 1.04. The number of piperidine rings is 1. The van der Waals surface area contributed by atoms with Gasteiger partial charge in [-0.25, -0.2) is 0 Å². The van der Waals surface area contributed by atoms with Crippen LogP contribution in [0.1, 0.15) is 43.7 Å². The minimum atomic E-state index is -1.50. The molecule has 1 aliphatic carbocycles. The molecule has 2 aromatic rings. The molecule has 1 unspecified atom stereocenters. The largest absolute Gasteiger partial charge is 0.504 e. The van der Waals surface area contributed by atoms with Gasteiger partial charge in [0.1, 0.15) is 68.0 Å². The van der Waals surface area contributed by atoms with Crippen molar-refractivity contribution in [3.63, 3.8) is 0 Å². The lowest BCUT2D eigenvalue weighted by Gasteiger charge is -2.41. The molecule has 4 fully saturated rings. The Bertz CT molecular complexity index is 1620. The van der Waals surface area contributed by atoms with Gasteiger partial charge in [0, 0.05) is 12.1 Å². The summed E-state index contributed by atoms with van der Waals surface area (Å²) in [5, 5.41) is 70.2. The first-order valence-corrected chi connectivity index (χ1v) is 17.4. The fourth-order valence-corrected chi connectivity index (χ4v) is 7.29. The van der Waals surface area contributed by atoms with Crippen molar-refractivity contribution in [3.8, 4) is 17.2 Å². The lowest BCUT2D eigenvalue weighted by molar-refractivity contribution is -0.155. The first-order chi connectivity index (χ1) is 24.4. The number of carbonyl (C=O) groups is 1. The number of carbonyl (C=O) groups excluding carboxylic acids is 1. The van der Waals surface area contributed by atoms with Crippen LogP contribution in [0.5, 0.6) is 17.2 Å². The van der Waals surface area contributed by atoms with E-state index in [4.69, 9.17) is 35.3 Å². The third-order valence-corrected chi connectivity index (χ3v) is 10.3. The highest BCUT2D eigenvalue weighted by molar-refractivity contribution is 6.32. The van der Waals surface area contributed by atoms with Crippen LogP contribution in [0.2, 0.25) is 5.02 Å². The lowest BCUT2D eigenvalue weighted by Crippen LogP contribution is -2.67. The maximum absolute atomic E-state index is 12.9. The van der Waals surface area contributed by atoms with E-state index in [1.807, 2.05) is 12.1 Å². The summed E-state index contributed by atoms with van der Waals surface area (Å²) in [6.07, 6.45) is -5.64. The summed E-state index contributed by atoms with van der Waals surface area (Å²) in [5.74, 6) is -0.115. The molecule has 3 aliphatic heterocycles. The van der Waals surface area contributed by atoms with E-state index in [0.717, 1.165) is 31.5 Å². The molecule has 1 amide bonds. The molecule has 8 N–H and O–H groups in total. The van der Waals surface area contributed by atoms with Crippen molar-refractivity contribution in [2.75, 3.05) is 26.5 Å². The van der Waals surface area contributed by atoms with Crippen molar-refractivity contribution >= 4 is 23.6 Å². The van der Waals surface area contributed by atoms with E-state index in [2.05, 4.69) is 10.6 Å². The third-order valence-electron chi connectivity index (χ3n) is 9.91. The molecule has 3 saturated heterocycles. The molecule has 4 aliphatic rings. The molecule has 0 bridgehead atoms. The molecule has 278 valence electrons. The number of aromatic hydroxyl groups is 1. The van der Waals surface area contributed by atoms with Crippen LogP contribution in [0.25, 0.3) is 6.08 Å². The number of phenols is 1. The lowest BCUT2D eigenvalue weighted by atomic mass is 9.83. The highest BCUT2D eigenvalue weighted by atomic mass is 35.5. The van der Waals surface area contributed by atoms with Gasteiger partial charge >= 0.3 is 0 Å². The molecule has 1 saturated carbocycles. The number of hydrogen-bond donors (Lipinski definition) is 8. The zero-order valence-electron chi connectivity index (χ0n) is 28.2. The van der Waals surface area contributed by atoms with Gasteiger partial charge in [-0.1, -0.05) is 29.8 Å². The predicted molar refractivity (Wildman–Crippen MR) is 183 cm³/mol. The van der Waals surface area contributed by atoms with Crippen LogP contribution >= 0.6 is 11.6 Å². The predicted octanol–water partition coefficient (Wildman–Crippen LogP) is 1.09. The molecule has 0 aromatic heterocycles. The number of halogens is 1. The van der Waals surface area contributed by atoms with Crippen LogP contribution in [0, 0.1) is 0 Å². The van der Waals surface area contributed by atoms with E-state index in [0.29, 0.717) is 27.8 Å². The molecular formula is C36H45ClN2O12. The van der Waals surface area contributed by atoms with Crippen LogP contribution in [0.3, 0.4) is 0 Å². The molecule has 6 rings (SSSR count). The first-order valence-electron chi connectivity index (χ1n) is 17.0. The normalized spacial score (nSPS) is 34.2. The summed E-state index contributed by atoms with van der Waals surface area (Å²) >= 11 is 6.69. The summed E-state index contributed by atoms with van der Waals surface area (Å²) in [7, 11) is 0. The van der Waals surface area contributed by atoms with Crippen LogP contribution in [-0.2, 0) is 19.0 Å². The number of rotatable bonds is 10. The maximum Gasteiger partial charge on any atom is 0.247 e. The minimum Gasteiger partial charge on any atom is -0.504 e. The number of ether oxygens (including phenoxy) is 5. The first kappa shape index (κ1) is 37.5. The standard InChI is InChI=1S/C36H45ClN2O12/c1-17(10-12-47-24-7-3-6-21(25(24)37)20-5-4-11-38-15-20)32-30(44)31(45)36(51-32)50-23-9-8-19(14-22(23)40)13-18(2)35(46)39-26-27(41)29(43)34-33(28(26)42)48-16-49-34/h3,6-10,13-14,20,26-34,36,38,40-45H,4-5,11-12,15-16H2,1-2H3,(H,39,46)/b17-10+,18-13+/t20?,26-,27+,28-,29-,30+,31+,32-,33+,34-,36-/m1/s1. The topological polar surface area (TPSA) is 209 Å². The third kappa shape index (κ3) is 8.05. The van der Waals surface area contributed by atoms with Crippen molar-refractivity contribution in [1.29, 1.82) is 0 Å². The number of aliphatic hydroxyl groups excluding tert-OH is 5. The molecule has 2 aromatic carbocycles. The zero-order chi connectivity index (χ0) is 36.4. The highest BCUT2D eigenvalue weighted by Gasteiger charge is 2.53. The van der Waals surface area contributed by atoms with Gasteiger partial charge in [0.05, 0.1) is 11.1 Å². The molecule has 51 heavy (non-hydrogen) atoms. The number of nitrogens with one attached hydrogen (secondary N) is 2. The van der Waals surface area contributed by atoms with Crippen LogP contribution < -0.4 is 20.1 Å². The second-order valence-corrected chi connectivity index (χ2v) is 13.8. The highest BCUT2D eigenvalue weighted by Crippen LogP contribution is 2.37. The summed E-state index contributed by atoms with van der Waals surface area (Å²) in [6.45, 7) is 5.10. The number of hydrogen-bond acceptors (Lipinski definition) is 13. The summed E-state index contributed by atoms with van der Waals surface area (Å²) in [5.41, 5.74) is 2.22. The number of fused-ring (bicyclic) bond motifs is 1. The Morgan fingerprint density at radius 3 is 2.49 bits per heavy atom. The molecule has 15 heteroatoms. The van der Waals surface area contributed by atoms with Crippen molar-refractivity contribution in [2.45, 2.75) is 93.8 Å². The fraction of sp³-hybridized carbons (Fsp3) is 0.528. The van der Waals surface area contributed by atoms with E-state index >= 15 is 0 Å². The van der Waals surface area contributed by atoms with Crippen LogP contribution in [0.4, 0.5) is 0 Å². The van der Waals surface area contributed by atoms with Crippen molar-refractivity contribution in [2.24, 2.45) is 0 Å². The van der Waals surface area contributed by atoms with Gasteiger partial charge in [0.15, 0.2) is 11.5 Å². The molecule has 14 nitrogen and oxygen atoms in total. The average molecular weight is 733 g/mol. The van der Waals surface area contributed by atoms with Crippen molar-refractivity contribution in [1.82, 2.24) is 10.6 Å². The van der Waals surface area contributed by atoms with Crippen LogP contribution in [0.15, 0.2) is 53.6 Å². The van der Waals surface area contributed by atoms with Gasteiger partial charge in [0.25, 0.3) is 0 Å². The summed E-state index contributed by atoms with van der Waals surface area (Å²) in [6, 6.07) is 8.82. The van der Waals surface area contributed by atoms with E-state index < -0.39 is 67.1 Å². The Morgan fingerprint density at radius 2 is 1.76 bits per heavy atom. The molecule has 3 heterocycles. The maximum atomic E-state index is 12.9. The van der Waals surface area contributed by atoms with E-state index in [-0.39, 0.29) is 30.5 Å². The molecule has 11 atom stereocenters. The number of aliphatic hydroxyl groups is 5.